The number of nitrogens with zero attached hydrogens (tertiary/aromatic N) is 1. The number of thioether (sulfide) groups is 1. The van der Waals surface area contributed by atoms with E-state index in [0.717, 1.165) is 12.2 Å². The molecular weight excluding hydrogens is 200 g/mol. The molecule has 1 aromatic carbocycles. The van der Waals surface area contributed by atoms with Crippen molar-refractivity contribution >= 4 is 23.1 Å². The minimum absolute atomic E-state index is 0.100. The molecule has 0 fully saturated rings. The zero-order valence-electron chi connectivity index (χ0n) is 7.90. The van der Waals surface area contributed by atoms with Crippen molar-refractivity contribution in [3.63, 3.8) is 0 Å². The fourth-order valence-corrected chi connectivity index (χ4v) is 1.88. The molecule has 0 unspecified atom stereocenters. The Morgan fingerprint density at radius 2 is 2.29 bits per heavy atom. The van der Waals surface area contributed by atoms with Gasteiger partial charge in [0.2, 0.25) is 0 Å². The highest BCUT2D eigenvalue weighted by Gasteiger charge is 2.13. The first-order valence-corrected chi connectivity index (χ1v) is 5.30. The molecule has 0 aliphatic rings. The van der Waals surface area contributed by atoms with Crippen molar-refractivity contribution in [1.29, 1.82) is 0 Å². The number of hydrogen-bond donors (Lipinski definition) is 1. The molecule has 0 saturated heterocycles. The predicted molar refractivity (Wildman–Crippen MR) is 58.5 cm³/mol. The van der Waals surface area contributed by atoms with E-state index in [1.807, 2.05) is 6.92 Å². The Labute approximate surface area is 86.6 Å². The minimum atomic E-state index is -0.394. The molecule has 1 aromatic rings. The third-order valence-corrected chi connectivity index (χ3v) is 2.91. The third kappa shape index (κ3) is 2.63. The third-order valence-electron chi connectivity index (χ3n) is 1.64. The predicted octanol–water partition coefficient (Wildman–Crippen LogP) is 2.68. The maximum Gasteiger partial charge on any atom is 0.284 e. The molecule has 1 rings (SSSR count). The van der Waals surface area contributed by atoms with Crippen LogP contribution in [0.15, 0.2) is 23.1 Å². The molecule has 4 nitrogen and oxygen atoms in total. The summed E-state index contributed by atoms with van der Waals surface area (Å²) in [5, 5.41) is 10.7. The molecule has 0 aromatic heterocycles. The van der Waals surface area contributed by atoms with Crippen LogP contribution in [-0.4, -0.2) is 10.7 Å². The maximum absolute atomic E-state index is 10.7. The van der Waals surface area contributed by atoms with Crippen LogP contribution < -0.4 is 5.73 Å². The highest BCUT2D eigenvalue weighted by Crippen LogP contribution is 2.30. The Morgan fingerprint density at radius 1 is 1.57 bits per heavy atom. The van der Waals surface area contributed by atoms with Crippen LogP contribution >= 0.6 is 11.8 Å². The number of nitrogens with two attached hydrogens (primary N) is 1. The maximum atomic E-state index is 10.7. The van der Waals surface area contributed by atoms with Crippen molar-refractivity contribution in [2.24, 2.45) is 0 Å². The summed E-state index contributed by atoms with van der Waals surface area (Å²) in [5.74, 6) is 0.880. The lowest BCUT2D eigenvalue weighted by Crippen LogP contribution is -1.93. The van der Waals surface area contributed by atoms with Gasteiger partial charge >= 0.3 is 0 Å². The fraction of sp³-hybridized carbons (Fsp3) is 0.333. The molecule has 0 saturated carbocycles. The number of nitrogen functional groups attached to an aromatic ring is 1. The summed E-state index contributed by atoms with van der Waals surface area (Å²) in [6, 6.07) is 4.79. The van der Waals surface area contributed by atoms with Gasteiger partial charge in [-0.05, 0) is 24.3 Å². The molecule has 0 radical (unpaired) electrons. The van der Waals surface area contributed by atoms with Crippen molar-refractivity contribution in [3.8, 4) is 0 Å². The first-order valence-electron chi connectivity index (χ1n) is 4.32. The lowest BCUT2D eigenvalue weighted by Gasteiger charge is -2.02. The van der Waals surface area contributed by atoms with E-state index in [1.165, 1.54) is 17.8 Å². The first kappa shape index (κ1) is 10.8. The van der Waals surface area contributed by atoms with Gasteiger partial charge in [0.15, 0.2) is 0 Å². The normalized spacial score (nSPS) is 10.1. The molecule has 2 N–H and O–H groups in total. The van der Waals surface area contributed by atoms with E-state index in [2.05, 4.69) is 0 Å². The number of benzene rings is 1. The summed E-state index contributed by atoms with van der Waals surface area (Å²) in [7, 11) is 0. The summed E-state index contributed by atoms with van der Waals surface area (Å²) < 4.78 is 0. The molecule has 0 bridgehead atoms. The Hall–Kier alpha value is -1.23. The van der Waals surface area contributed by atoms with Gasteiger partial charge < -0.3 is 5.73 Å². The summed E-state index contributed by atoms with van der Waals surface area (Å²) in [6.07, 6.45) is 0.992. The van der Waals surface area contributed by atoms with Crippen LogP contribution in [0.5, 0.6) is 0 Å². The van der Waals surface area contributed by atoms with E-state index in [0.29, 0.717) is 10.6 Å². The second-order valence-corrected chi connectivity index (χ2v) is 3.97. The molecule has 14 heavy (non-hydrogen) atoms. The summed E-state index contributed by atoms with van der Waals surface area (Å²) in [4.78, 5) is 11.0. The van der Waals surface area contributed by atoms with E-state index in [9.17, 15) is 10.1 Å². The van der Waals surface area contributed by atoms with Crippen molar-refractivity contribution in [3.05, 3.63) is 28.3 Å². The second kappa shape index (κ2) is 4.85. The van der Waals surface area contributed by atoms with Gasteiger partial charge in [0.05, 0.1) is 9.82 Å². The summed E-state index contributed by atoms with van der Waals surface area (Å²) in [6.45, 7) is 2.04. The topological polar surface area (TPSA) is 69.2 Å². The van der Waals surface area contributed by atoms with Crippen LogP contribution in [0.4, 0.5) is 11.4 Å². The van der Waals surface area contributed by atoms with Gasteiger partial charge in [0.1, 0.15) is 0 Å². The molecule has 0 aliphatic carbocycles. The van der Waals surface area contributed by atoms with Crippen LogP contribution in [0.25, 0.3) is 0 Å². The van der Waals surface area contributed by atoms with E-state index in [1.54, 1.807) is 12.1 Å². The minimum Gasteiger partial charge on any atom is -0.399 e. The average molecular weight is 212 g/mol. The Morgan fingerprint density at radius 3 is 2.86 bits per heavy atom. The zero-order chi connectivity index (χ0) is 10.6. The van der Waals surface area contributed by atoms with Gasteiger partial charge in [-0.15, -0.1) is 11.8 Å². The van der Waals surface area contributed by atoms with Gasteiger partial charge in [-0.1, -0.05) is 6.92 Å². The molecule has 0 spiro atoms. The molecule has 0 aliphatic heterocycles. The Balaban J connectivity index is 2.96. The number of anilines is 1. The van der Waals surface area contributed by atoms with Crippen LogP contribution in [0.3, 0.4) is 0 Å². The smallest absolute Gasteiger partial charge is 0.284 e. The fourth-order valence-electron chi connectivity index (χ4n) is 1.01. The summed E-state index contributed by atoms with van der Waals surface area (Å²) in [5.41, 5.74) is 6.01. The number of rotatable bonds is 4. The Bertz CT molecular complexity index is 342. The lowest BCUT2D eigenvalue weighted by molar-refractivity contribution is -0.387. The number of nitro groups is 1. The monoisotopic (exact) mass is 212 g/mol. The lowest BCUT2D eigenvalue weighted by atomic mass is 10.3. The molecule has 0 atom stereocenters. The summed E-state index contributed by atoms with van der Waals surface area (Å²) >= 11 is 1.49. The zero-order valence-corrected chi connectivity index (χ0v) is 8.71. The number of nitro benzene ring substituents is 1. The molecular formula is C9H12N2O2S. The van der Waals surface area contributed by atoms with Crippen molar-refractivity contribution in [2.45, 2.75) is 18.2 Å². The Kier molecular flexibility index (Phi) is 3.76. The van der Waals surface area contributed by atoms with E-state index >= 15 is 0 Å². The number of hydrogen-bond acceptors (Lipinski definition) is 4. The molecule has 0 heterocycles. The second-order valence-electron chi connectivity index (χ2n) is 2.83. The van der Waals surface area contributed by atoms with Crippen LogP contribution in [0.2, 0.25) is 0 Å². The molecule has 76 valence electrons. The molecule has 0 amide bonds. The largest absolute Gasteiger partial charge is 0.399 e. The van der Waals surface area contributed by atoms with Crippen molar-refractivity contribution in [1.82, 2.24) is 0 Å². The van der Waals surface area contributed by atoms with E-state index in [-0.39, 0.29) is 5.69 Å². The van der Waals surface area contributed by atoms with Crippen molar-refractivity contribution < 1.29 is 4.92 Å². The molecule has 5 heteroatoms. The quantitative estimate of drug-likeness (QED) is 0.360. The van der Waals surface area contributed by atoms with Crippen LogP contribution in [-0.2, 0) is 0 Å². The van der Waals surface area contributed by atoms with Gasteiger partial charge in [0, 0.05) is 11.8 Å². The van der Waals surface area contributed by atoms with E-state index in [4.69, 9.17) is 5.73 Å². The van der Waals surface area contributed by atoms with Gasteiger partial charge in [-0.25, -0.2) is 0 Å². The van der Waals surface area contributed by atoms with Gasteiger partial charge in [-0.3, -0.25) is 10.1 Å². The SMILES string of the molecule is CCCSc1ccc(N)cc1[N+](=O)[O-]. The van der Waals surface area contributed by atoms with Crippen LogP contribution in [0.1, 0.15) is 13.3 Å². The van der Waals surface area contributed by atoms with Gasteiger partial charge in [-0.2, -0.15) is 0 Å². The highest BCUT2D eigenvalue weighted by molar-refractivity contribution is 7.99. The van der Waals surface area contributed by atoms with E-state index < -0.39 is 4.92 Å². The van der Waals surface area contributed by atoms with Crippen LogP contribution in [0, 0.1) is 10.1 Å². The average Bonchev–Trinajstić information content (AvgIpc) is 2.15. The van der Waals surface area contributed by atoms with Crippen molar-refractivity contribution in [2.75, 3.05) is 11.5 Å². The highest BCUT2D eigenvalue weighted by atomic mass is 32.2. The standard InChI is InChI=1S/C9H12N2O2S/c1-2-5-14-9-4-3-7(10)6-8(9)11(12)13/h3-4,6H,2,5,10H2,1H3. The first-order chi connectivity index (χ1) is 6.65. The van der Waals surface area contributed by atoms with Gasteiger partial charge in [0.25, 0.3) is 5.69 Å².